The maximum atomic E-state index is 11.6. The topological polar surface area (TPSA) is 35.1 Å². The van der Waals surface area contributed by atoms with Crippen molar-refractivity contribution in [3.63, 3.8) is 0 Å². The number of aromatic nitrogens is 2. The van der Waals surface area contributed by atoms with E-state index < -0.39 is 0 Å². The van der Waals surface area contributed by atoms with Gasteiger partial charge in [-0.05, 0) is 29.8 Å². The van der Waals surface area contributed by atoms with Gasteiger partial charge >= 0.3 is 5.97 Å². The van der Waals surface area contributed by atoms with Crippen LogP contribution in [-0.4, -0.2) is 17.6 Å². The van der Waals surface area contributed by atoms with E-state index in [-0.39, 0.29) is 5.97 Å². The van der Waals surface area contributed by atoms with E-state index in [1.165, 1.54) is 7.11 Å². The second kappa shape index (κ2) is 5.85. The molecule has 3 aromatic rings. The molecule has 0 saturated carbocycles. The summed E-state index contributed by atoms with van der Waals surface area (Å²) in [5.41, 5.74) is 3.82. The van der Waals surface area contributed by atoms with Gasteiger partial charge in [0, 0.05) is 0 Å². The number of para-hydroxylation sites is 2. The predicted octanol–water partition coefficient (Wildman–Crippen LogP) is 2.86. The van der Waals surface area contributed by atoms with Gasteiger partial charge in [0.15, 0.2) is 11.0 Å². The second-order valence-electron chi connectivity index (χ2n) is 5.01. The molecule has 0 fully saturated rings. The predicted molar refractivity (Wildman–Crippen MR) is 85.4 cm³/mol. The Morgan fingerprint density at radius 2 is 2.09 bits per heavy atom. The lowest BCUT2D eigenvalue weighted by atomic mass is 10.1. The van der Waals surface area contributed by atoms with Gasteiger partial charge in [-0.3, -0.25) is 0 Å². The Labute approximate surface area is 128 Å². The van der Waals surface area contributed by atoms with Crippen LogP contribution in [0.1, 0.15) is 15.9 Å². The Hall–Kier alpha value is -2.88. The van der Waals surface area contributed by atoms with Crippen LogP contribution in [-0.2, 0) is 11.3 Å². The fourth-order valence-corrected chi connectivity index (χ4v) is 2.58. The number of hydrogen-bond acceptors (Lipinski definition) is 2. The Bertz CT molecular complexity index is 849. The maximum absolute atomic E-state index is 11.6. The third-order valence-electron chi connectivity index (χ3n) is 3.63. The minimum atomic E-state index is -0.319. The van der Waals surface area contributed by atoms with Crippen LogP contribution in [0.5, 0.6) is 0 Å². The fourth-order valence-electron chi connectivity index (χ4n) is 2.58. The number of imidazole rings is 1. The molecule has 0 aliphatic carbocycles. The van der Waals surface area contributed by atoms with Crippen LogP contribution in [0.2, 0.25) is 0 Å². The van der Waals surface area contributed by atoms with E-state index in [1.807, 2.05) is 41.2 Å². The Balaban J connectivity index is 2.00. The molecule has 22 heavy (non-hydrogen) atoms. The van der Waals surface area contributed by atoms with Gasteiger partial charge in [-0.15, -0.1) is 0 Å². The second-order valence-corrected chi connectivity index (χ2v) is 5.01. The Morgan fingerprint density at radius 3 is 2.86 bits per heavy atom. The minimum absolute atomic E-state index is 0.319. The molecule has 4 heteroatoms. The minimum Gasteiger partial charge on any atom is -0.465 e. The first-order valence-electron chi connectivity index (χ1n) is 7.02. The van der Waals surface area contributed by atoms with Crippen LogP contribution >= 0.6 is 0 Å². The highest BCUT2D eigenvalue weighted by Crippen LogP contribution is 2.12. The summed E-state index contributed by atoms with van der Waals surface area (Å²) in [5, 5.41) is 0. The van der Waals surface area contributed by atoms with E-state index >= 15 is 0 Å². The van der Waals surface area contributed by atoms with Crippen molar-refractivity contribution in [2.24, 2.45) is 0 Å². The monoisotopic (exact) mass is 293 g/mol. The zero-order valence-electron chi connectivity index (χ0n) is 12.4. The number of ether oxygens (including phenoxy) is 1. The number of carbonyl (C=O) groups excluding carboxylic acids is 1. The summed E-state index contributed by atoms with van der Waals surface area (Å²) < 4.78 is 8.89. The van der Waals surface area contributed by atoms with E-state index in [1.54, 1.807) is 12.3 Å². The van der Waals surface area contributed by atoms with Crippen molar-refractivity contribution in [1.29, 1.82) is 0 Å². The summed E-state index contributed by atoms with van der Waals surface area (Å²) in [6, 6.07) is 15.6. The molecule has 0 bridgehead atoms. The summed E-state index contributed by atoms with van der Waals surface area (Å²) in [7, 11) is 1.39. The summed E-state index contributed by atoms with van der Waals surface area (Å²) in [5.74, 6) is -0.319. The molecule has 3 rings (SSSR count). The first-order chi connectivity index (χ1) is 10.7. The standard InChI is InChI=1S/C18H17N2O2/c1-3-19-13-20(17-10-5-4-9-16(17)19)12-14-7-6-8-15(11-14)18(21)22-2/h3-11,13H,1,12H2,2H3/q+1. The molecule has 1 heterocycles. The molecule has 0 saturated heterocycles. The molecule has 0 atom stereocenters. The third kappa shape index (κ3) is 2.51. The number of fused-ring (bicyclic) bond motifs is 1. The van der Waals surface area contributed by atoms with Crippen molar-refractivity contribution < 1.29 is 14.1 Å². The summed E-state index contributed by atoms with van der Waals surface area (Å²) in [6.07, 6.45) is 3.78. The fraction of sp³-hybridized carbons (Fsp3) is 0.111. The zero-order valence-corrected chi connectivity index (χ0v) is 12.4. The zero-order chi connectivity index (χ0) is 15.5. The van der Waals surface area contributed by atoms with Crippen LogP contribution < -0.4 is 4.57 Å². The van der Waals surface area contributed by atoms with Crippen molar-refractivity contribution in [3.8, 4) is 0 Å². The van der Waals surface area contributed by atoms with Crippen LogP contribution in [0.3, 0.4) is 0 Å². The van der Waals surface area contributed by atoms with Gasteiger partial charge in [-0.2, -0.15) is 0 Å². The van der Waals surface area contributed by atoms with E-state index in [0.29, 0.717) is 12.1 Å². The maximum Gasteiger partial charge on any atom is 0.337 e. The highest BCUT2D eigenvalue weighted by Gasteiger charge is 2.14. The number of carbonyl (C=O) groups is 1. The number of methoxy groups -OCH3 is 1. The van der Waals surface area contributed by atoms with Crippen molar-refractivity contribution in [3.05, 3.63) is 72.6 Å². The third-order valence-corrected chi connectivity index (χ3v) is 3.63. The molecule has 0 amide bonds. The van der Waals surface area contributed by atoms with Crippen molar-refractivity contribution in [1.82, 2.24) is 4.57 Å². The SMILES string of the molecule is C=Cn1c[n+](Cc2cccc(C(=O)OC)c2)c2ccccc21. The molecule has 0 radical (unpaired) electrons. The number of esters is 1. The normalized spacial score (nSPS) is 10.6. The largest absolute Gasteiger partial charge is 0.465 e. The molecule has 2 aromatic carbocycles. The van der Waals surface area contributed by atoms with E-state index in [0.717, 1.165) is 16.6 Å². The molecule has 0 aliphatic rings. The quantitative estimate of drug-likeness (QED) is 0.547. The van der Waals surface area contributed by atoms with Crippen LogP contribution in [0.15, 0.2) is 61.4 Å². The lowest BCUT2D eigenvalue weighted by Crippen LogP contribution is -2.32. The van der Waals surface area contributed by atoms with Crippen molar-refractivity contribution in [2.75, 3.05) is 7.11 Å². The van der Waals surface area contributed by atoms with Crippen molar-refractivity contribution in [2.45, 2.75) is 6.54 Å². The summed E-state index contributed by atoms with van der Waals surface area (Å²) >= 11 is 0. The highest BCUT2D eigenvalue weighted by molar-refractivity contribution is 5.89. The van der Waals surface area contributed by atoms with Crippen molar-refractivity contribution >= 4 is 23.2 Å². The molecule has 1 aromatic heterocycles. The molecule has 0 unspecified atom stereocenters. The first kappa shape index (κ1) is 14.1. The summed E-state index contributed by atoms with van der Waals surface area (Å²) in [6.45, 7) is 4.51. The average molecular weight is 293 g/mol. The van der Waals surface area contributed by atoms with Gasteiger partial charge in [-0.25, -0.2) is 13.9 Å². The van der Waals surface area contributed by atoms with Gasteiger partial charge in [0.05, 0.1) is 18.9 Å². The number of benzene rings is 2. The van der Waals surface area contributed by atoms with E-state index in [4.69, 9.17) is 4.74 Å². The molecular formula is C18H17N2O2+. The summed E-state index contributed by atoms with van der Waals surface area (Å²) in [4.78, 5) is 11.6. The van der Waals surface area contributed by atoms with Gasteiger partial charge in [0.2, 0.25) is 6.33 Å². The smallest absolute Gasteiger partial charge is 0.337 e. The molecule has 0 spiro atoms. The Morgan fingerprint density at radius 1 is 1.27 bits per heavy atom. The number of rotatable bonds is 4. The van der Waals surface area contributed by atoms with Crippen LogP contribution in [0.4, 0.5) is 0 Å². The van der Waals surface area contributed by atoms with E-state index in [2.05, 4.69) is 23.3 Å². The highest BCUT2D eigenvalue weighted by atomic mass is 16.5. The average Bonchev–Trinajstić information content (AvgIpc) is 2.92. The molecule has 0 aliphatic heterocycles. The lowest BCUT2D eigenvalue weighted by Gasteiger charge is -2.02. The van der Waals surface area contributed by atoms with Gasteiger partial charge < -0.3 is 4.74 Å². The number of hydrogen-bond donors (Lipinski definition) is 0. The number of nitrogens with zero attached hydrogens (tertiary/aromatic N) is 2. The van der Waals surface area contributed by atoms with Gasteiger partial charge in [0.1, 0.15) is 6.54 Å². The first-order valence-corrected chi connectivity index (χ1v) is 7.02. The van der Waals surface area contributed by atoms with Crippen LogP contribution in [0, 0.1) is 0 Å². The Kier molecular flexibility index (Phi) is 3.74. The molecule has 0 N–H and O–H groups in total. The van der Waals surface area contributed by atoms with Gasteiger partial charge in [-0.1, -0.05) is 30.8 Å². The van der Waals surface area contributed by atoms with E-state index in [9.17, 15) is 4.79 Å². The van der Waals surface area contributed by atoms with Crippen LogP contribution in [0.25, 0.3) is 17.2 Å². The molecular weight excluding hydrogens is 276 g/mol. The molecule has 4 nitrogen and oxygen atoms in total. The van der Waals surface area contributed by atoms with Gasteiger partial charge in [0.25, 0.3) is 0 Å². The molecule has 110 valence electrons. The lowest BCUT2D eigenvalue weighted by molar-refractivity contribution is -0.662.